The van der Waals surface area contributed by atoms with Crippen LogP contribution in [0, 0.1) is 22.7 Å². The SMILES string of the molecule is COc1cc(-c2ccc(C#N)cc2)ccc1C#N. The molecule has 0 atom stereocenters. The molecule has 0 heterocycles. The molecule has 3 nitrogen and oxygen atoms in total. The number of hydrogen-bond acceptors (Lipinski definition) is 3. The van der Waals surface area contributed by atoms with Crippen molar-refractivity contribution < 1.29 is 4.74 Å². The standard InChI is InChI=1S/C15H10N2O/c1-18-15-8-13(6-7-14(15)10-17)12-4-2-11(9-16)3-5-12/h2-8H,1H3. The number of rotatable bonds is 2. The Morgan fingerprint density at radius 3 is 2.11 bits per heavy atom. The highest BCUT2D eigenvalue weighted by Crippen LogP contribution is 2.26. The Hall–Kier alpha value is -2.78. The molecule has 0 saturated heterocycles. The fourth-order valence-electron chi connectivity index (χ4n) is 1.70. The monoisotopic (exact) mass is 234 g/mol. The van der Waals surface area contributed by atoms with E-state index in [-0.39, 0.29) is 0 Å². The lowest BCUT2D eigenvalue weighted by molar-refractivity contribution is 0.413. The Morgan fingerprint density at radius 1 is 0.889 bits per heavy atom. The lowest BCUT2D eigenvalue weighted by Crippen LogP contribution is -1.89. The summed E-state index contributed by atoms with van der Waals surface area (Å²) in [5, 5.41) is 17.7. The van der Waals surface area contributed by atoms with Gasteiger partial charge in [-0.1, -0.05) is 18.2 Å². The van der Waals surface area contributed by atoms with Crippen molar-refractivity contribution in [2.45, 2.75) is 0 Å². The third kappa shape index (κ3) is 2.16. The van der Waals surface area contributed by atoms with Gasteiger partial charge in [-0.05, 0) is 35.4 Å². The highest BCUT2D eigenvalue weighted by molar-refractivity contribution is 5.67. The highest BCUT2D eigenvalue weighted by atomic mass is 16.5. The summed E-state index contributed by atoms with van der Waals surface area (Å²) < 4.78 is 5.17. The van der Waals surface area contributed by atoms with Crippen LogP contribution in [0.1, 0.15) is 11.1 Å². The van der Waals surface area contributed by atoms with Crippen LogP contribution in [0.15, 0.2) is 42.5 Å². The predicted octanol–water partition coefficient (Wildman–Crippen LogP) is 3.11. The van der Waals surface area contributed by atoms with Crippen LogP contribution in [0.25, 0.3) is 11.1 Å². The smallest absolute Gasteiger partial charge is 0.137 e. The summed E-state index contributed by atoms with van der Waals surface area (Å²) in [5.41, 5.74) is 3.07. The van der Waals surface area contributed by atoms with Crippen molar-refractivity contribution in [2.75, 3.05) is 7.11 Å². The van der Waals surface area contributed by atoms with E-state index in [1.807, 2.05) is 24.3 Å². The van der Waals surface area contributed by atoms with Gasteiger partial charge in [-0.3, -0.25) is 0 Å². The predicted molar refractivity (Wildman–Crippen MR) is 67.9 cm³/mol. The number of hydrogen-bond donors (Lipinski definition) is 0. The maximum absolute atomic E-state index is 8.91. The van der Waals surface area contributed by atoms with Crippen LogP contribution < -0.4 is 4.74 Å². The molecule has 0 saturated carbocycles. The second-order valence-corrected chi connectivity index (χ2v) is 3.72. The Bertz CT molecular complexity index is 646. The molecule has 0 unspecified atom stereocenters. The van der Waals surface area contributed by atoms with Gasteiger partial charge in [-0.2, -0.15) is 10.5 Å². The zero-order chi connectivity index (χ0) is 13.0. The van der Waals surface area contributed by atoms with Gasteiger partial charge in [-0.25, -0.2) is 0 Å². The van der Waals surface area contributed by atoms with E-state index in [9.17, 15) is 0 Å². The normalized spacial score (nSPS) is 9.28. The van der Waals surface area contributed by atoms with E-state index in [0.717, 1.165) is 11.1 Å². The minimum absolute atomic E-state index is 0.509. The summed E-state index contributed by atoms with van der Waals surface area (Å²) in [7, 11) is 1.54. The van der Waals surface area contributed by atoms with Gasteiger partial charge in [-0.15, -0.1) is 0 Å². The fraction of sp³-hybridized carbons (Fsp3) is 0.0667. The first kappa shape index (κ1) is 11.7. The number of benzene rings is 2. The van der Waals surface area contributed by atoms with E-state index >= 15 is 0 Å². The minimum atomic E-state index is 0.509. The van der Waals surface area contributed by atoms with Gasteiger partial charge in [0.15, 0.2) is 0 Å². The maximum Gasteiger partial charge on any atom is 0.137 e. The average Bonchev–Trinajstić information content (AvgIpc) is 2.46. The van der Waals surface area contributed by atoms with Crippen LogP contribution in [0.2, 0.25) is 0 Å². The van der Waals surface area contributed by atoms with Gasteiger partial charge in [0.25, 0.3) is 0 Å². The molecule has 0 spiro atoms. The molecule has 0 amide bonds. The average molecular weight is 234 g/mol. The van der Waals surface area contributed by atoms with Crippen molar-refractivity contribution in [1.82, 2.24) is 0 Å². The zero-order valence-corrected chi connectivity index (χ0v) is 9.84. The van der Waals surface area contributed by atoms with Crippen molar-refractivity contribution in [3.8, 4) is 29.0 Å². The summed E-state index contributed by atoms with van der Waals surface area (Å²) in [6.45, 7) is 0. The van der Waals surface area contributed by atoms with Gasteiger partial charge in [0.1, 0.15) is 11.8 Å². The Balaban J connectivity index is 2.45. The molecule has 2 aromatic carbocycles. The summed E-state index contributed by atoms with van der Waals surface area (Å²) in [6.07, 6.45) is 0. The van der Waals surface area contributed by atoms with Crippen LogP contribution in [0.4, 0.5) is 0 Å². The quantitative estimate of drug-likeness (QED) is 0.802. The first-order valence-electron chi connectivity index (χ1n) is 5.37. The molecule has 2 aromatic rings. The van der Waals surface area contributed by atoms with E-state index in [4.69, 9.17) is 15.3 Å². The van der Waals surface area contributed by atoms with Gasteiger partial charge >= 0.3 is 0 Å². The van der Waals surface area contributed by atoms with E-state index in [1.54, 1.807) is 25.3 Å². The number of methoxy groups -OCH3 is 1. The van der Waals surface area contributed by atoms with Crippen LogP contribution in [-0.4, -0.2) is 7.11 Å². The van der Waals surface area contributed by atoms with E-state index in [2.05, 4.69) is 12.1 Å². The van der Waals surface area contributed by atoms with Crippen LogP contribution in [0.3, 0.4) is 0 Å². The van der Waals surface area contributed by atoms with Crippen molar-refractivity contribution in [3.63, 3.8) is 0 Å². The first-order valence-corrected chi connectivity index (χ1v) is 5.37. The minimum Gasteiger partial charge on any atom is -0.495 e. The molecule has 3 heteroatoms. The third-order valence-electron chi connectivity index (χ3n) is 2.67. The second kappa shape index (κ2) is 5.03. The molecule has 0 bridgehead atoms. The molecule has 0 N–H and O–H groups in total. The molecule has 0 radical (unpaired) electrons. The molecular formula is C15H10N2O. The van der Waals surface area contributed by atoms with E-state index < -0.39 is 0 Å². The molecule has 0 fully saturated rings. The largest absolute Gasteiger partial charge is 0.495 e. The summed E-state index contributed by atoms with van der Waals surface area (Å²) in [4.78, 5) is 0. The van der Waals surface area contributed by atoms with Crippen LogP contribution >= 0.6 is 0 Å². The molecule has 2 rings (SSSR count). The number of nitriles is 2. The number of nitrogens with zero attached hydrogens (tertiary/aromatic N) is 2. The molecule has 0 aliphatic carbocycles. The van der Waals surface area contributed by atoms with Crippen molar-refractivity contribution >= 4 is 0 Å². The molecule has 0 aromatic heterocycles. The van der Waals surface area contributed by atoms with Gasteiger partial charge in [0.2, 0.25) is 0 Å². The molecule has 0 aliphatic heterocycles. The van der Waals surface area contributed by atoms with Gasteiger partial charge < -0.3 is 4.74 Å². The topological polar surface area (TPSA) is 56.8 Å². The fourth-order valence-corrected chi connectivity index (χ4v) is 1.70. The van der Waals surface area contributed by atoms with E-state index in [1.165, 1.54) is 0 Å². The maximum atomic E-state index is 8.91. The second-order valence-electron chi connectivity index (χ2n) is 3.72. The zero-order valence-electron chi connectivity index (χ0n) is 9.84. The molecule has 18 heavy (non-hydrogen) atoms. The molecule has 0 aliphatic rings. The molecular weight excluding hydrogens is 224 g/mol. The summed E-state index contributed by atoms with van der Waals surface area (Å²) in [6, 6.07) is 16.8. The van der Waals surface area contributed by atoms with Gasteiger partial charge in [0, 0.05) is 0 Å². The third-order valence-corrected chi connectivity index (χ3v) is 2.67. The van der Waals surface area contributed by atoms with Crippen molar-refractivity contribution in [2.24, 2.45) is 0 Å². The Labute approximate surface area is 105 Å². The first-order chi connectivity index (χ1) is 8.78. The Morgan fingerprint density at radius 2 is 1.56 bits per heavy atom. The number of ether oxygens (including phenoxy) is 1. The highest BCUT2D eigenvalue weighted by Gasteiger charge is 2.05. The lowest BCUT2D eigenvalue weighted by atomic mass is 10.0. The van der Waals surface area contributed by atoms with Gasteiger partial charge in [0.05, 0.1) is 24.3 Å². The summed E-state index contributed by atoms with van der Waals surface area (Å²) >= 11 is 0. The van der Waals surface area contributed by atoms with Crippen molar-refractivity contribution in [3.05, 3.63) is 53.6 Å². The lowest BCUT2D eigenvalue weighted by Gasteiger charge is -2.06. The Kier molecular flexibility index (Phi) is 3.27. The van der Waals surface area contributed by atoms with Crippen molar-refractivity contribution in [1.29, 1.82) is 10.5 Å². The summed E-state index contributed by atoms with van der Waals surface area (Å²) in [5.74, 6) is 0.555. The van der Waals surface area contributed by atoms with Crippen LogP contribution in [0.5, 0.6) is 5.75 Å². The van der Waals surface area contributed by atoms with E-state index in [0.29, 0.717) is 16.9 Å². The molecule has 86 valence electrons. The van der Waals surface area contributed by atoms with Crippen LogP contribution in [-0.2, 0) is 0 Å².